The van der Waals surface area contributed by atoms with Crippen LogP contribution in [0.4, 0.5) is 0 Å². The van der Waals surface area contributed by atoms with Gasteiger partial charge in [-0.3, -0.25) is 4.79 Å². The molecule has 2 unspecified atom stereocenters. The van der Waals surface area contributed by atoms with Crippen molar-refractivity contribution in [1.29, 1.82) is 0 Å². The molecule has 0 saturated carbocycles. The highest BCUT2D eigenvalue weighted by Crippen LogP contribution is 2.39. The quantitative estimate of drug-likeness (QED) is 0.853. The zero-order chi connectivity index (χ0) is 14.8. The van der Waals surface area contributed by atoms with Gasteiger partial charge in [0.25, 0.3) is 0 Å². The summed E-state index contributed by atoms with van der Waals surface area (Å²) in [5.74, 6) is 0.854. The van der Waals surface area contributed by atoms with Crippen LogP contribution in [-0.2, 0) is 14.4 Å². The largest absolute Gasteiger partial charge is 0.465 e. The molecule has 1 aliphatic heterocycles. The number of nitrogens with zero attached hydrogens (tertiary/aromatic N) is 1. The number of carbonyl (C=O) groups is 2. The van der Waals surface area contributed by atoms with Crippen molar-refractivity contribution < 1.29 is 18.8 Å². The molecule has 0 aromatic carbocycles. The molecule has 3 rings (SSSR count). The van der Waals surface area contributed by atoms with Crippen LogP contribution in [-0.4, -0.2) is 17.3 Å². The molecule has 0 N–H and O–H groups in total. The predicted octanol–water partition coefficient (Wildman–Crippen LogP) is 2.98. The summed E-state index contributed by atoms with van der Waals surface area (Å²) in [5, 5.41) is 4.18. The minimum atomic E-state index is -0.363. The number of allylic oxidation sites excluding steroid dienone is 2. The molecular formula is C16H17NO4. The lowest BCUT2D eigenvalue weighted by Gasteiger charge is -2.19. The third kappa shape index (κ3) is 2.82. The minimum Gasteiger partial charge on any atom is -0.465 e. The van der Waals surface area contributed by atoms with E-state index < -0.39 is 0 Å². The van der Waals surface area contributed by atoms with Gasteiger partial charge in [0.15, 0.2) is 6.10 Å². The van der Waals surface area contributed by atoms with Crippen molar-refractivity contribution in [2.75, 3.05) is 0 Å². The first-order valence-electron chi connectivity index (χ1n) is 7.13. The molecule has 0 fully saturated rings. The Bertz CT molecular complexity index is 612. The van der Waals surface area contributed by atoms with Crippen LogP contribution < -0.4 is 0 Å². The zero-order valence-electron chi connectivity index (χ0n) is 11.9. The van der Waals surface area contributed by atoms with Crippen molar-refractivity contribution in [3.05, 3.63) is 35.8 Å². The molecule has 1 aromatic rings. The molecule has 1 aliphatic carbocycles. The Kier molecular flexibility index (Phi) is 3.73. The van der Waals surface area contributed by atoms with E-state index in [4.69, 9.17) is 9.25 Å². The van der Waals surface area contributed by atoms with Crippen LogP contribution in [0.1, 0.15) is 44.5 Å². The highest BCUT2D eigenvalue weighted by molar-refractivity contribution is 6.05. The van der Waals surface area contributed by atoms with Gasteiger partial charge in [-0.05, 0) is 31.1 Å². The normalized spacial score (nSPS) is 25.3. The summed E-state index contributed by atoms with van der Waals surface area (Å²) < 4.78 is 5.40. The molecule has 5 nitrogen and oxygen atoms in total. The summed E-state index contributed by atoms with van der Waals surface area (Å²) in [4.78, 5) is 28.4. The van der Waals surface area contributed by atoms with Crippen LogP contribution in [0, 0.1) is 5.92 Å². The highest BCUT2D eigenvalue weighted by atomic mass is 16.6. The van der Waals surface area contributed by atoms with Crippen LogP contribution in [0.2, 0.25) is 0 Å². The molecule has 0 spiro atoms. The van der Waals surface area contributed by atoms with E-state index >= 15 is 0 Å². The second-order valence-corrected chi connectivity index (χ2v) is 5.50. The van der Waals surface area contributed by atoms with Crippen molar-refractivity contribution in [3.63, 3.8) is 0 Å². The molecular weight excluding hydrogens is 270 g/mol. The second-order valence-electron chi connectivity index (χ2n) is 5.50. The maximum absolute atomic E-state index is 11.6. The lowest BCUT2D eigenvalue weighted by atomic mass is 9.83. The van der Waals surface area contributed by atoms with Gasteiger partial charge in [0, 0.05) is 19.3 Å². The average molecular weight is 287 g/mol. The Hall–Kier alpha value is -2.17. The number of furan rings is 1. The van der Waals surface area contributed by atoms with E-state index in [-0.39, 0.29) is 23.6 Å². The van der Waals surface area contributed by atoms with Crippen LogP contribution in [0.3, 0.4) is 0 Å². The molecule has 0 saturated heterocycles. The van der Waals surface area contributed by atoms with Crippen LogP contribution >= 0.6 is 0 Å². The van der Waals surface area contributed by atoms with E-state index in [9.17, 15) is 9.59 Å². The van der Waals surface area contributed by atoms with Gasteiger partial charge in [0.2, 0.25) is 0 Å². The number of Topliss-reactive ketones (excluding diaryl/α,β-unsaturated/α-hetero) is 2. The van der Waals surface area contributed by atoms with Crippen molar-refractivity contribution in [2.45, 2.75) is 38.7 Å². The van der Waals surface area contributed by atoms with Gasteiger partial charge >= 0.3 is 0 Å². The maximum atomic E-state index is 11.6. The fraction of sp³-hybridized carbons (Fsp3) is 0.438. The first-order valence-corrected chi connectivity index (χ1v) is 7.13. The molecule has 1 aromatic heterocycles. The molecule has 21 heavy (non-hydrogen) atoms. The molecule has 0 bridgehead atoms. The molecule has 2 aliphatic rings. The standard InChI is InChI=1S/C16H17NO4/c1-10(18)9-13-15(11-4-6-12(19)7-5-11)17-21-16(13)14-3-2-8-20-14/h2-4,8,13,16H,5-7,9H2,1H3. The van der Waals surface area contributed by atoms with Crippen molar-refractivity contribution in [3.8, 4) is 0 Å². The molecule has 0 radical (unpaired) electrons. The smallest absolute Gasteiger partial charge is 0.193 e. The predicted molar refractivity (Wildman–Crippen MR) is 75.7 cm³/mol. The van der Waals surface area contributed by atoms with Gasteiger partial charge in [-0.15, -0.1) is 0 Å². The highest BCUT2D eigenvalue weighted by Gasteiger charge is 2.39. The van der Waals surface area contributed by atoms with E-state index in [0.29, 0.717) is 31.4 Å². The van der Waals surface area contributed by atoms with Gasteiger partial charge in [0.05, 0.1) is 17.9 Å². The summed E-state index contributed by atoms with van der Waals surface area (Å²) in [7, 11) is 0. The van der Waals surface area contributed by atoms with Crippen molar-refractivity contribution >= 4 is 17.3 Å². The third-order valence-electron chi connectivity index (χ3n) is 3.89. The topological polar surface area (TPSA) is 68.9 Å². The Morgan fingerprint density at radius 1 is 1.43 bits per heavy atom. The Labute approximate surface area is 122 Å². The molecule has 5 heteroatoms. The summed E-state index contributed by atoms with van der Waals surface area (Å²) >= 11 is 0. The molecule has 2 heterocycles. The minimum absolute atomic E-state index is 0.0854. The average Bonchev–Trinajstić information content (AvgIpc) is 3.08. The third-order valence-corrected chi connectivity index (χ3v) is 3.89. The van der Waals surface area contributed by atoms with Gasteiger partial charge in [-0.25, -0.2) is 0 Å². The maximum Gasteiger partial charge on any atom is 0.193 e. The van der Waals surface area contributed by atoms with E-state index in [1.165, 1.54) is 0 Å². The van der Waals surface area contributed by atoms with E-state index in [1.54, 1.807) is 19.3 Å². The second kappa shape index (κ2) is 5.68. The van der Waals surface area contributed by atoms with Crippen LogP contribution in [0.25, 0.3) is 0 Å². The summed E-state index contributed by atoms with van der Waals surface area (Å²) in [6.07, 6.45) is 5.12. The number of hydrogen-bond acceptors (Lipinski definition) is 5. The Morgan fingerprint density at radius 2 is 2.29 bits per heavy atom. The number of ketones is 2. The number of carbonyl (C=O) groups excluding carboxylic acids is 2. The molecule has 0 amide bonds. The van der Waals surface area contributed by atoms with Gasteiger partial charge < -0.3 is 14.0 Å². The Balaban J connectivity index is 1.86. The summed E-state index contributed by atoms with van der Waals surface area (Å²) in [6, 6.07) is 3.62. The first-order chi connectivity index (χ1) is 10.1. The van der Waals surface area contributed by atoms with Gasteiger partial charge in [-0.1, -0.05) is 11.2 Å². The SMILES string of the molecule is CC(=O)CC1C(C2=CCC(=O)CC2)=NOC1c1ccco1. The van der Waals surface area contributed by atoms with Crippen molar-refractivity contribution in [1.82, 2.24) is 0 Å². The number of hydrogen-bond donors (Lipinski definition) is 0. The van der Waals surface area contributed by atoms with E-state index in [2.05, 4.69) is 5.16 Å². The molecule has 2 atom stereocenters. The fourth-order valence-electron chi connectivity index (χ4n) is 2.86. The molecule has 110 valence electrons. The fourth-order valence-corrected chi connectivity index (χ4v) is 2.86. The lowest BCUT2D eigenvalue weighted by Crippen LogP contribution is -2.23. The lowest BCUT2D eigenvalue weighted by molar-refractivity contribution is -0.119. The first kappa shape index (κ1) is 13.8. The van der Waals surface area contributed by atoms with E-state index in [0.717, 1.165) is 11.3 Å². The van der Waals surface area contributed by atoms with Gasteiger partial charge in [-0.2, -0.15) is 0 Å². The zero-order valence-corrected chi connectivity index (χ0v) is 11.9. The number of rotatable bonds is 4. The van der Waals surface area contributed by atoms with Crippen LogP contribution in [0.5, 0.6) is 0 Å². The van der Waals surface area contributed by atoms with Crippen molar-refractivity contribution in [2.24, 2.45) is 11.1 Å². The van der Waals surface area contributed by atoms with E-state index in [1.807, 2.05) is 12.1 Å². The monoisotopic (exact) mass is 287 g/mol. The number of oxime groups is 1. The summed E-state index contributed by atoms with van der Waals surface area (Å²) in [6.45, 7) is 1.56. The van der Waals surface area contributed by atoms with Crippen LogP contribution in [0.15, 0.2) is 39.6 Å². The summed E-state index contributed by atoms with van der Waals surface area (Å²) in [5.41, 5.74) is 1.81. The van der Waals surface area contributed by atoms with Gasteiger partial charge in [0.1, 0.15) is 17.3 Å². The Morgan fingerprint density at radius 3 is 2.90 bits per heavy atom.